The van der Waals surface area contributed by atoms with Crippen LogP contribution in [-0.2, 0) is 9.59 Å². The van der Waals surface area contributed by atoms with E-state index < -0.39 is 11.8 Å². The Labute approximate surface area is 164 Å². The molecule has 0 atom stereocenters. The molecule has 7 heteroatoms. The molecule has 0 spiro atoms. The minimum Gasteiger partial charge on any atom is -0.369 e. The van der Waals surface area contributed by atoms with Crippen LogP contribution in [0.25, 0.3) is 0 Å². The van der Waals surface area contributed by atoms with E-state index in [1.54, 1.807) is 18.2 Å². The highest BCUT2D eigenvalue weighted by Gasteiger charge is 2.17. The summed E-state index contributed by atoms with van der Waals surface area (Å²) in [5.41, 5.74) is 3.04. The van der Waals surface area contributed by atoms with Gasteiger partial charge in [-0.15, -0.1) is 0 Å². The second-order valence-corrected chi connectivity index (χ2v) is 7.14. The SMILES string of the molecule is Cc1ccc(Cl)cc1NC(=O)C(=O)Nc1ccc(N2CCN(C)CC2)cc1. The molecule has 1 aliphatic rings. The minimum atomic E-state index is -0.733. The van der Waals surface area contributed by atoms with E-state index in [1.807, 2.05) is 31.2 Å². The van der Waals surface area contributed by atoms with Crippen molar-refractivity contribution in [2.45, 2.75) is 6.92 Å². The lowest BCUT2D eigenvalue weighted by Gasteiger charge is -2.34. The predicted molar refractivity (Wildman–Crippen MR) is 110 cm³/mol. The van der Waals surface area contributed by atoms with Gasteiger partial charge in [-0.1, -0.05) is 17.7 Å². The highest BCUT2D eigenvalue weighted by molar-refractivity contribution is 6.43. The van der Waals surface area contributed by atoms with Crippen LogP contribution < -0.4 is 15.5 Å². The van der Waals surface area contributed by atoms with Gasteiger partial charge in [0.05, 0.1) is 0 Å². The Morgan fingerprint density at radius 1 is 0.926 bits per heavy atom. The molecule has 1 fully saturated rings. The lowest BCUT2D eigenvalue weighted by molar-refractivity contribution is -0.133. The average Bonchev–Trinajstić information content (AvgIpc) is 2.66. The zero-order valence-corrected chi connectivity index (χ0v) is 16.2. The van der Waals surface area contributed by atoms with Gasteiger partial charge in [0.25, 0.3) is 0 Å². The minimum absolute atomic E-state index is 0.496. The third-order valence-electron chi connectivity index (χ3n) is 4.65. The molecule has 0 radical (unpaired) electrons. The first-order valence-corrected chi connectivity index (χ1v) is 9.22. The van der Waals surface area contributed by atoms with E-state index in [2.05, 4.69) is 27.5 Å². The van der Waals surface area contributed by atoms with Crippen LogP contribution in [0.2, 0.25) is 5.02 Å². The molecule has 0 aromatic heterocycles. The summed E-state index contributed by atoms with van der Waals surface area (Å²) in [6.07, 6.45) is 0. The number of likely N-dealkylation sites (N-methyl/N-ethyl adjacent to an activating group) is 1. The van der Waals surface area contributed by atoms with Crippen LogP contribution in [0.1, 0.15) is 5.56 Å². The molecular weight excluding hydrogens is 364 g/mol. The van der Waals surface area contributed by atoms with Crippen molar-refractivity contribution in [3.63, 3.8) is 0 Å². The molecule has 2 aromatic rings. The second kappa shape index (κ2) is 8.41. The maximum absolute atomic E-state index is 12.2. The van der Waals surface area contributed by atoms with Crippen LogP contribution in [0, 0.1) is 6.92 Å². The summed E-state index contributed by atoms with van der Waals surface area (Å²) in [5, 5.41) is 5.71. The third-order valence-corrected chi connectivity index (χ3v) is 4.88. The molecule has 0 unspecified atom stereocenters. The van der Waals surface area contributed by atoms with Crippen LogP contribution in [0.3, 0.4) is 0 Å². The van der Waals surface area contributed by atoms with Crippen molar-refractivity contribution >= 4 is 40.5 Å². The van der Waals surface area contributed by atoms with Crippen LogP contribution in [0.5, 0.6) is 0 Å². The van der Waals surface area contributed by atoms with E-state index in [1.165, 1.54) is 0 Å². The molecule has 1 saturated heterocycles. The zero-order chi connectivity index (χ0) is 19.4. The quantitative estimate of drug-likeness (QED) is 0.796. The number of nitrogens with zero attached hydrogens (tertiary/aromatic N) is 2. The van der Waals surface area contributed by atoms with Crippen molar-refractivity contribution in [3.8, 4) is 0 Å². The Morgan fingerprint density at radius 3 is 2.22 bits per heavy atom. The molecule has 2 N–H and O–H groups in total. The summed E-state index contributed by atoms with van der Waals surface area (Å²) >= 11 is 5.94. The number of aryl methyl sites for hydroxylation is 1. The highest BCUT2D eigenvalue weighted by atomic mass is 35.5. The number of hydrogen-bond acceptors (Lipinski definition) is 4. The standard InChI is InChI=1S/C20H23ClN4O2/c1-14-3-4-15(21)13-18(14)23-20(27)19(26)22-16-5-7-17(8-6-16)25-11-9-24(2)10-12-25/h3-8,13H,9-12H2,1-2H3,(H,22,26)(H,23,27). The molecule has 0 aliphatic carbocycles. The molecule has 2 aromatic carbocycles. The second-order valence-electron chi connectivity index (χ2n) is 6.70. The molecule has 3 rings (SSSR count). The third kappa shape index (κ3) is 4.99. The molecule has 1 aliphatic heterocycles. The van der Waals surface area contributed by atoms with Gasteiger partial charge >= 0.3 is 11.8 Å². The van der Waals surface area contributed by atoms with Crippen molar-refractivity contribution in [2.24, 2.45) is 0 Å². The Balaban J connectivity index is 1.58. The molecule has 1 heterocycles. The van der Waals surface area contributed by atoms with E-state index in [4.69, 9.17) is 11.6 Å². The molecule has 2 amide bonds. The molecule has 0 bridgehead atoms. The van der Waals surface area contributed by atoms with Crippen LogP contribution in [0.4, 0.5) is 17.1 Å². The largest absolute Gasteiger partial charge is 0.369 e. The highest BCUT2D eigenvalue weighted by Crippen LogP contribution is 2.21. The van der Waals surface area contributed by atoms with Gasteiger partial charge in [-0.25, -0.2) is 0 Å². The van der Waals surface area contributed by atoms with Crippen molar-refractivity contribution in [1.29, 1.82) is 0 Å². The number of halogens is 1. The number of piperazine rings is 1. The molecule has 142 valence electrons. The Bertz CT molecular complexity index is 830. The topological polar surface area (TPSA) is 64.7 Å². The number of hydrogen-bond donors (Lipinski definition) is 2. The number of anilines is 3. The number of benzene rings is 2. The van der Waals surface area contributed by atoms with Gasteiger partial charge in [-0.05, 0) is 55.9 Å². The number of amides is 2. The van der Waals surface area contributed by atoms with Gasteiger partial charge in [0.2, 0.25) is 0 Å². The van der Waals surface area contributed by atoms with Gasteiger partial charge < -0.3 is 20.4 Å². The molecule has 27 heavy (non-hydrogen) atoms. The first-order valence-electron chi connectivity index (χ1n) is 8.84. The summed E-state index contributed by atoms with van der Waals surface area (Å²) in [6.45, 7) is 5.84. The number of carbonyl (C=O) groups is 2. The van der Waals surface area contributed by atoms with Gasteiger partial charge in [-0.2, -0.15) is 0 Å². The molecule has 0 saturated carbocycles. The van der Waals surface area contributed by atoms with Crippen molar-refractivity contribution < 1.29 is 9.59 Å². The summed E-state index contributed by atoms with van der Waals surface area (Å²) in [5.74, 6) is -1.45. The Hall–Kier alpha value is -2.57. The predicted octanol–water partition coefficient (Wildman–Crippen LogP) is 2.98. The smallest absolute Gasteiger partial charge is 0.314 e. The van der Waals surface area contributed by atoms with E-state index in [0.29, 0.717) is 16.4 Å². The van der Waals surface area contributed by atoms with E-state index in [-0.39, 0.29) is 0 Å². The number of nitrogens with one attached hydrogen (secondary N) is 2. The molecule has 6 nitrogen and oxygen atoms in total. The lowest BCUT2D eigenvalue weighted by atomic mass is 10.2. The number of rotatable bonds is 3. The summed E-state index contributed by atoms with van der Waals surface area (Å²) in [6, 6.07) is 12.7. The Morgan fingerprint density at radius 2 is 1.56 bits per heavy atom. The monoisotopic (exact) mass is 386 g/mol. The van der Waals surface area contributed by atoms with Crippen LogP contribution in [0.15, 0.2) is 42.5 Å². The first kappa shape index (κ1) is 19.2. The van der Waals surface area contributed by atoms with Crippen LogP contribution in [-0.4, -0.2) is 49.9 Å². The maximum Gasteiger partial charge on any atom is 0.314 e. The zero-order valence-electron chi connectivity index (χ0n) is 15.5. The first-order chi connectivity index (χ1) is 12.9. The summed E-state index contributed by atoms with van der Waals surface area (Å²) in [4.78, 5) is 28.9. The van der Waals surface area contributed by atoms with Gasteiger partial charge in [-0.3, -0.25) is 9.59 Å². The fourth-order valence-electron chi connectivity index (χ4n) is 2.92. The van der Waals surface area contributed by atoms with E-state index >= 15 is 0 Å². The van der Waals surface area contributed by atoms with Crippen molar-refractivity contribution in [3.05, 3.63) is 53.1 Å². The maximum atomic E-state index is 12.2. The van der Waals surface area contributed by atoms with Gasteiger partial charge in [0.1, 0.15) is 0 Å². The average molecular weight is 387 g/mol. The van der Waals surface area contributed by atoms with Gasteiger partial charge in [0, 0.05) is 48.3 Å². The lowest BCUT2D eigenvalue weighted by Crippen LogP contribution is -2.44. The van der Waals surface area contributed by atoms with Crippen LogP contribution >= 0.6 is 11.6 Å². The summed E-state index contributed by atoms with van der Waals surface area (Å²) in [7, 11) is 2.12. The van der Waals surface area contributed by atoms with Crippen molar-refractivity contribution in [1.82, 2.24) is 4.90 Å². The molecular formula is C20H23ClN4O2. The van der Waals surface area contributed by atoms with E-state index in [9.17, 15) is 9.59 Å². The number of carbonyl (C=O) groups excluding carboxylic acids is 2. The Kier molecular flexibility index (Phi) is 5.98. The van der Waals surface area contributed by atoms with E-state index in [0.717, 1.165) is 37.4 Å². The fraction of sp³-hybridized carbons (Fsp3) is 0.300. The van der Waals surface area contributed by atoms with Gasteiger partial charge in [0.15, 0.2) is 0 Å². The van der Waals surface area contributed by atoms with Crippen molar-refractivity contribution in [2.75, 3.05) is 48.8 Å². The fourth-order valence-corrected chi connectivity index (χ4v) is 3.09. The summed E-state index contributed by atoms with van der Waals surface area (Å²) < 4.78 is 0. The normalized spacial score (nSPS) is 14.7.